The lowest BCUT2D eigenvalue weighted by molar-refractivity contribution is 0.123. The first-order chi connectivity index (χ1) is 9.11. The maximum Gasteiger partial charge on any atom is 0.0110 e. The van der Waals surface area contributed by atoms with Crippen molar-refractivity contribution in [1.29, 1.82) is 0 Å². The van der Waals surface area contributed by atoms with Gasteiger partial charge in [0, 0.05) is 39.3 Å². The van der Waals surface area contributed by atoms with E-state index >= 15 is 0 Å². The highest BCUT2D eigenvalue weighted by Gasteiger charge is 2.16. The van der Waals surface area contributed by atoms with Gasteiger partial charge >= 0.3 is 0 Å². The lowest BCUT2D eigenvalue weighted by Gasteiger charge is -2.35. The second-order valence-electron chi connectivity index (χ2n) is 6.31. The molecule has 2 N–H and O–H groups in total. The molecule has 1 aliphatic heterocycles. The van der Waals surface area contributed by atoms with Crippen LogP contribution in [0.2, 0.25) is 0 Å². The fraction of sp³-hybridized carbons (Fsp3) is 1.00. The largest absolute Gasteiger partial charge is 0.330 e. The van der Waals surface area contributed by atoms with E-state index in [1.165, 1.54) is 65.1 Å². The molecule has 19 heavy (non-hydrogen) atoms. The molecular weight excluding hydrogens is 236 g/mol. The minimum absolute atomic E-state index is 0.798. The van der Waals surface area contributed by atoms with Gasteiger partial charge in [0.2, 0.25) is 0 Å². The SMILES string of the molecule is CC(CCN)CCCN1CCN(CCN(C)C)CC1. The van der Waals surface area contributed by atoms with Crippen molar-refractivity contribution in [2.75, 3.05) is 66.5 Å². The zero-order chi connectivity index (χ0) is 14.1. The highest BCUT2D eigenvalue weighted by Crippen LogP contribution is 2.10. The van der Waals surface area contributed by atoms with Crippen molar-refractivity contribution >= 4 is 0 Å². The topological polar surface area (TPSA) is 35.7 Å². The van der Waals surface area contributed by atoms with Gasteiger partial charge in [0.1, 0.15) is 0 Å². The molecule has 1 unspecified atom stereocenters. The molecule has 4 heteroatoms. The highest BCUT2D eigenvalue weighted by atomic mass is 15.3. The van der Waals surface area contributed by atoms with Crippen molar-refractivity contribution in [3.8, 4) is 0 Å². The molecule has 1 atom stereocenters. The molecule has 1 aliphatic rings. The Morgan fingerprint density at radius 1 is 1.00 bits per heavy atom. The van der Waals surface area contributed by atoms with Gasteiger partial charge < -0.3 is 15.5 Å². The first kappa shape index (κ1) is 16.9. The van der Waals surface area contributed by atoms with Crippen LogP contribution in [-0.2, 0) is 0 Å². The molecule has 0 aromatic heterocycles. The normalized spacial score (nSPS) is 20.1. The van der Waals surface area contributed by atoms with Crippen molar-refractivity contribution < 1.29 is 0 Å². The molecule has 0 aliphatic carbocycles. The predicted octanol–water partition coefficient (Wildman–Crippen LogP) is 0.931. The van der Waals surface area contributed by atoms with Crippen molar-refractivity contribution in [3.05, 3.63) is 0 Å². The lowest BCUT2D eigenvalue weighted by atomic mass is 10.0. The molecule has 0 radical (unpaired) electrons. The maximum atomic E-state index is 5.59. The Morgan fingerprint density at radius 3 is 2.11 bits per heavy atom. The molecule has 0 bridgehead atoms. The summed E-state index contributed by atoms with van der Waals surface area (Å²) in [5.74, 6) is 0.798. The van der Waals surface area contributed by atoms with Crippen LogP contribution in [0.15, 0.2) is 0 Å². The summed E-state index contributed by atoms with van der Waals surface area (Å²) in [6.45, 7) is 11.8. The van der Waals surface area contributed by atoms with E-state index in [9.17, 15) is 0 Å². The second kappa shape index (κ2) is 9.70. The zero-order valence-electron chi connectivity index (χ0n) is 13.3. The third-order valence-electron chi connectivity index (χ3n) is 4.16. The fourth-order valence-corrected chi connectivity index (χ4v) is 2.67. The van der Waals surface area contributed by atoms with E-state index in [-0.39, 0.29) is 0 Å². The van der Waals surface area contributed by atoms with E-state index in [0.717, 1.165) is 12.5 Å². The summed E-state index contributed by atoms with van der Waals surface area (Å²) < 4.78 is 0. The van der Waals surface area contributed by atoms with Crippen LogP contribution in [0, 0.1) is 5.92 Å². The molecule has 0 aromatic rings. The van der Waals surface area contributed by atoms with Gasteiger partial charge in [0.05, 0.1) is 0 Å². The van der Waals surface area contributed by atoms with Gasteiger partial charge in [-0.15, -0.1) is 0 Å². The Bertz CT molecular complexity index is 212. The van der Waals surface area contributed by atoms with Crippen molar-refractivity contribution in [2.45, 2.75) is 26.2 Å². The van der Waals surface area contributed by atoms with Crippen molar-refractivity contribution in [3.63, 3.8) is 0 Å². The first-order valence-corrected chi connectivity index (χ1v) is 7.91. The zero-order valence-corrected chi connectivity index (χ0v) is 13.3. The smallest absolute Gasteiger partial charge is 0.0110 e. The summed E-state index contributed by atoms with van der Waals surface area (Å²) in [6.07, 6.45) is 3.84. The van der Waals surface area contributed by atoms with E-state index in [4.69, 9.17) is 5.73 Å². The number of piperazine rings is 1. The second-order valence-corrected chi connectivity index (χ2v) is 6.31. The van der Waals surface area contributed by atoms with Crippen LogP contribution in [0.3, 0.4) is 0 Å². The highest BCUT2D eigenvalue weighted by molar-refractivity contribution is 4.72. The number of rotatable bonds is 9. The molecule has 114 valence electrons. The number of nitrogens with zero attached hydrogens (tertiary/aromatic N) is 3. The molecule has 0 spiro atoms. The van der Waals surface area contributed by atoms with Crippen LogP contribution in [-0.4, -0.2) is 81.2 Å². The first-order valence-electron chi connectivity index (χ1n) is 7.91. The average Bonchev–Trinajstić information content (AvgIpc) is 2.38. The molecular formula is C15H34N4. The predicted molar refractivity (Wildman–Crippen MR) is 83.5 cm³/mol. The van der Waals surface area contributed by atoms with E-state index in [1.807, 2.05) is 0 Å². The molecule has 1 fully saturated rings. The van der Waals surface area contributed by atoms with Crippen LogP contribution in [0.1, 0.15) is 26.2 Å². The summed E-state index contributed by atoms with van der Waals surface area (Å²) in [5, 5.41) is 0. The summed E-state index contributed by atoms with van der Waals surface area (Å²) in [5.41, 5.74) is 5.59. The van der Waals surface area contributed by atoms with Gasteiger partial charge in [0.15, 0.2) is 0 Å². The molecule has 1 rings (SSSR count). The van der Waals surface area contributed by atoms with Crippen LogP contribution in [0.5, 0.6) is 0 Å². The number of hydrogen-bond donors (Lipinski definition) is 1. The minimum atomic E-state index is 0.798. The Labute approximate surface area is 119 Å². The monoisotopic (exact) mass is 270 g/mol. The quantitative estimate of drug-likeness (QED) is 0.676. The van der Waals surface area contributed by atoms with Crippen LogP contribution in [0.4, 0.5) is 0 Å². The number of hydrogen-bond acceptors (Lipinski definition) is 4. The third-order valence-corrected chi connectivity index (χ3v) is 4.16. The molecule has 0 amide bonds. The summed E-state index contributed by atoms with van der Waals surface area (Å²) in [7, 11) is 4.30. The van der Waals surface area contributed by atoms with E-state index in [0.29, 0.717) is 0 Å². The Balaban J connectivity index is 2.03. The van der Waals surface area contributed by atoms with E-state index in [1.54, 1.807) is 0 Å². The van der Waals surface area contributed by atoms with E-state index in [2.05, 4.69) is 35.7 Å². The summed E-state index contributed by atoms with van der Waals surface area (Å²) >= 11 is 0. The van der Waals surface area contributed by atoms with Crippen LogP contribution < -0.4 is 5.73 Å². The van der Waals surface area contributed by atoms with Crippen LogP contribution in [0.25, 0.3) is 0 Å². The van der Waals surface area contributed by atoms with Gasteiger partial charge in [-0.1, -0.05) is 6.92 Å². The van der Waals surface area contributed by atoms with Crippen molar-refractivity contribution in [2.24, 2.45) is 11.7 Å². The van der Waals surface area contributed by atoms with E-state index < -0.39 is 0 Å². The molecule has 4 nitrogen and oxygen atoms in total. The molecule has 1 saturated heterocycles. The van der Waals surface area contributed by atoms with Gasteiger partial charge in [-0.3, -0.25) is 4.90 Å². The van der Waals surface area contributed by atoms with Gasteiger partial charge in [-0.2, -0.15) is 0 Å². The van der Waals surface area contributed by atoms with Crippen molar-refractivity contribution in [1.82, 2.24) is 14.7 Å². The average molecular weight is 270 g/mol. The molecule has 1 heterocycles. The summed E-state index contributed by atoms with van der Waals surface area (Å²) in [6, 6.07) is 0. The van der Waals surface area contributed by atoms with Gasteiger partial charge in [-0.25, -0.2) is 0 Å². The molecule has 0 aromatic carbocycles. The Morgan fingerprint density at radius 2 is 1.58 bits per heavy atom. The van der Waals surface area contributed by atoms with Crippen LogP contribution >= 0.6 is 0 Å². The lowest BCUT2D eigenvalue weighted by Crippen LogP contribution is -2.48. The Kier molecular flexibility index (Phi) is 8.62. The fourth-order valence-electron chi connectivity index (χ4n) is 2.67. The van der Waals surface area contributed by atoms with Gasteiger partial charge in [-0.05, 0) is 52.4 Å². The summed E-state index contributed by atoms with van der Waals surface area (Å²) in [4.78, 5) is 7.49. The molecule has 0 saturated carbocycles. The van der Waals surface area contributed by atoms with Gasteiger partial charge in [0.25, 0.3) is 0 Å². The maximum absolute atomic E-state index is 5.59. The third kappa shape index (κ3) is 7.88. The standard InChI is InChI=1S/C15H34N4/c1-15(6-7-16)5-4-8-18-11-13-19(14-12-18)10-9-17(2)3/h15H,4-14,16H2,1-3H3. The number of likely N-dealkylation sites (N-methyl/N-ethyl adjacent to an activating group) is 1. The number of nitrogens with two attached hydrogens (primary N) is 1. The minimum Gasteiger partial charge on any atom is -0.330 e. The Hall–Kier alpha value is -0.160.